The monoisotopic (exact) mass is 378 g/mol. The lowest BCUT2D eigenvalue weighted by Gasteiger charge is -2.17. The van der Waals surface area contributed by atoms with Gasteiger partial charge in [-0.15, -0.1) is 0 Å². The molecule has 4 N–H and O–H groups in total. The number of aliphatic hydroxyl groups is 3. The van der Waals surface area contributed by atoms with Crippen molar-refractivity contribution in [1.29, 1.82) is 0 Å². The first-order valence-electron chi connectivity index (χ1n) is 8.03. The van der Waals surface area contributed by atoms with Gasteiger partial charge in [-0.2, -0.15) is 10.5 Å². The summed E-state index contributed by atoms with van der Waals surface area (Å²) in [6, 6.07) is 6.17. The first kappa shape index (κ1) is 18.9. The van der Waals surface area contributed by atoms with Crippen molar-refractivity contribution in [2.24, 2.45) is 0 Å². The molecule has 27 heavy (non-hydrogen) atoms. The van der Waals surface area contributed by atoms with Gasteiger partial charge in [0.05, 0.1) is 6.61 Å². The van der Waals surface area contributed by atoms with Crippen LogP contribution in [0.3, 0.4) is 0 Å². The second kappa shape index (κ2) is 7.80. The maximum Gasteiger partial charge on any atom is 0.381 e. The van der Waals surface area contributed by atoms with Gasteiger partial charge in [-0.1, -0.05) is 6.07 Å². The van der Waals surface area contributed by atoms with E-state index in [1.165, 1.54) is 18.3 Å². The summed E-state index contributed by atoms with van der Waals surface area (Å²) in [6.45, 7) is 1.21. The van der Waals surface area contributed by atoms with Crippen molar-refractivity contribution in [2.75, 3.05) is 12.1 Å². The Kier molecular flexibility index (Phi) is 5.46. The zero-order valence-electron chi connectivity index (χ0n) is 14.2. The smallest absolute Gasteiger partial charge is 0.381 e. The van der Waals surface area contributed by atoms with E-state index in [2.05, 4.69) is 15.4 Å². The van der Waals surface area contributed by atoms with Gasteiger partial charge in [0.2, 0.25) is 0 Å². The molecule has 0 amide bonds. The minimum absolute atomic E-state index is 0.0519. The predicted molar refractivity (Wildman–Crippen MR) is 89.5 cm³/mol. The Balaban J connectivity index is 1.68. The molecule has 0 bridgehead atoms. The van der Waals surface area contributed by atoms with E-state index < -0.39 is 42.8 Å². The maximum absolute atomic E-state index is 12.2. The Hall–Kier alpha value is -2.86. The zero-order chi connectivity index (χ0) is 19.6. The second-order valence-corrected chi connectivity index (χ2v) is 5.89. The van der Waals surface area contributed by atoms with Crippen LogP contribution in [0.25, 0.3) is 0 Å². The zero-order valence-corrected chi connectivity index (χ0v) is 14.2. The molecule has 0 saturated carbocycles. The number of anilines is 1. The lowest BCUT2D eigenvalue weighted by molar-refractivity contribution is -0.0549. The molecule has 0 unspecified atom stereocenters. The van der Waals surface area contributed by atoms with Crippen LogP contribution in [0.2, 0.25) is 0 Å². The van der Waals surface area contributed by atoms with E-state index in [1.54, 1.807) is 19.1 Å². The van der Waals surface area contributed by atoms with Crippen molar-refractivity contribution in [2.45, 2.75) is 31.5 Å². The molecule has 4 atom stereocenters. The molecule has 11 nitrogen and oxygen atoms in total. The molecule has 0 radical (unpaired) electrons. The molecule has 1 saturated heterocycles. The molecule has 11 heteroatoms. The highest BCUT2D eigenvalue weighted by molar-refractivity contribution is 5.87. The molecule has 1 aliphatic heterocycles. The number of hydrogen-bond donors (Lipinski definition) is 4. The van der Waals surface area contributed by atoms with Crippen LogP contribution in [-0.4, -0.2) is 60.7 Å². The number of nitrogens with one attached hydrogen (secondary N) is 1. The number of aryl methyl sites for hydroxylation is 1. The molecule has 2 aromatic rings. The van der Waals surface area contributed by atoms with Crippen LogP contribution >= 0.6 is 0 Å². The first-order chi connectivity index (χ1) is 12.9. The first-order valence-corrected chi connectivity index (χ1v) is 8.03. The van der Waals surface area contributed by atoms with Gasteiger partial charge in [0, 0.05) is 18.0 Å². The molecule has 1 fully saturated rings. The van der Waals surface area contributed by atoms with Crippen LogP contribution in [0, 0.1) is 6.92 Å². The number of carbonyl (C=O) groups excluding carboxylic acids is 1. The standard InChI is InChI=1S/C16H18N4O7/c1-8-3-2-4-9(17-8)15(24)27-19-11-5-6-20(16(25)18-11)14-13(23)12(22)10(7-21)26-14/h2-6,10,12-14,21-23H,7H2,1H3,(H,18,19,25)/t10-,12-,13-,14-/m1/s1. The Morgan fingerprint density at radius 2 is 2.07 bits per heavy atom. The average Bonchev–Trinajstić information content (AvgIpc) is 2.94. The largest absolute Gasteiger partial charge is 0.394 e. The minimum atomic E-state index is -1.41. The third-order valence-corrected chi connectivity index (χ3v) is 3.97. The molecular weight excluding hydrogens is 360 g/mol. The van der Waals surface area contributed by atoms with E-state index in [0.29, 0.717) is 5.69 Å². The number of nitrogens with zero attached hydrogens (tertiary/aromatic N) is 3. The lowest BCUT2D eigenvalue weighted by Crippen LogP contribution is -2.36. The van der Waals surface area contributed by atoms with E-state index in [-0.39, 0.29) is 11.5 Å². The second-order valence-electron chi connectivity index (χ2n) is 5.89. The normalized spacial score (nSPS) is 24.6. The van der Waals surface area contributed by atoms with Gasteiger partial charge >= 0.3 is 11.7 Å². The summed E-state index contributed by atoms with van der Waals surface area (Å²) in [5, 5.41) is 28.8. The number of carbonyl (C=O) groups is 1. The molecule has 3 heterocycles. The van der Waals surface area contributed by atoms with Crippen LogP contribution in [0.4, 0.5) is 5.82 Å². The maximum atomic E-state index is 12.2. The number of ether oxygens (including phenoxy) is 1. The van der Waals surface area contributed by atoms with Crippen molar-refractivity contribution in [1.82, 2.24) is 14.5 Å². The van der Waals surface area contributed by atoms with Gasteiger partial charge in [0.1, 0.15) is 18.3 Å². The van der Waals surface area contributed by atoms with Crippen molar-refractivity contribution in [3.8, 4) is 0 Å². The molecule has 0 aromatic carbocycles. The topological polar surface area (TPSA) is 156 Å². The number of aromatic nitrogens is 3. The van der Waals surface area contributed by atoms with Gasteiger partial charge in [-0.3, -0.25) is 4.57 Å². The molecule has 2 aromatic heterocycles. The number of rotatable bonds is 5. The molecule has 144 valence electrons. The molecule has 1 aliphatic rings. The molecule has 0 spiro atoms. The summed E-state index contributed by atoms with van der Waals surface area (Å²) >= 11 is 0. The number of pyridine rings is 1. The van der Waals surface area contributed by atoms with Crippen LogP contribution in [-0.2, 0) is 9.57 Å². The third kappa shape index (κ3) is 3.95. The number of aliphatic hydroxyl groups excluding tert-OH is 3. The van der Waals surface area contributed by atoms with Crippen molar-refractivity contribution in [3.63, 3.8) is 0 Å². The Morgan fingerprint density at radius 3 is 2.70 bits per heavy atom. The highest BCUT2D eigenvalue weighted by atomic mass is 16.7. The summed E-state index contributed by atoms with van der Waals surface area (Å²) in [6.07, 6.45) is -3.72. The Morgan fingerprint density at radius 1 is 1.30 bits per heavy atom. The van der Waals surface area contributed by atoms with E-state index in [0.717, 1.165) is 4.57 Å². The fraction of sp³-hybridized carbons (Fsp3) is 0.375. The van der Waals surface area contributed by atoms with Gasteiger partial charge in [0.15, 0.2) is 17.7 Å². The summed E-state index contributed by atoms with van der Waals surface area (Å²) < 4.78 is 6.23. The lowest BCUT2D eigenvalue weighted by atomic mass is 10.1. The third-order valence-electron chi connectivity index (χ3n) is 3.97. The highest BCUT2D eigenvalue weighted by Crippen LogP contribution is 2.28. The molecule has 0 aliphatic carbocycles. The Bertz CT molecular complexity index is 887. The van der Waals surface area contributed by atoms with E-state index in [1.807, 2.05) is 0 Å². The van der Waals surface area contributed by atoms with Crippen LogP contribution in [0.15, 0.2) is 35.3 Å². The molecular formula is C16H18N4O7. The fourth-order valence-corrected chi connectivity index (χ4v) is 2.58. The number of hydrogen-bond acceptors (Lipinski definition) is 10. The van der Waals surface area contributed by atoms with Gasteiger partial charge in [0.25, 0.3) is 0 Å². The summed E-state index contributed by atoms with van der Waals surface area (Å²) in [5.74, 6) is -0.808. The van der Waals surface area contributed by atoms with Gasteiger partial charge < -0.3 is 24.9 Å². The summed E-state index contributed by atoms with van der Waals surface area (Å²) in [5.41, 5.74) is 2.16. The van der Waals surface area contributed by atoms with Crippen molar-refractivity contribution >= 4 is 11.8 Å². The van der Waals surface area contributed by atoms with Crippen LogP contribution < -0.4 is 11.2 Å². The minimum Gasteiger partial charge on any atom is -0.394 e. The van der Waals surface area contributed by atoms with Crippen LogP contribution in [0.1, 0.15) is 22.4 Å². The van der Waals surface area contributed by atoms with Gasteiger partial charge in [-0.25, -0.2) is 14.6 Å². The highest BCUT2D eigenvalue weighted by Gasteiger charge is 2.43. The summed E-state index contributed by atoms with van der Waals surface area (Å²) in [7, 11) is 0. The summed E-state index contributed by atoms with van der Waals surface area (Å²) in [4.78, 5) is 36.6. The predicted octanol–water partition coefficient (Wildman–Crippen LogP) is -1.26. The van der Waals surface area contributed by atoms with Crippen molar-refractivity contribution < 1.29 is 29.7 Å². The van der Waals surface area contributed by atoms with E-state index in [9.17, 15) is 19.8 Å². The van der Waals surface area contributed by atoms with Crippen molar-refractivity contribution in [3.05, 3.63) is 52.3 Å². The average molecular weight is 378 g/mol. The van der Waals surface area contributed by atoms with Crippen LogP contribution in [0.5, 0.6) is 0 Å². The van der Waals surface area contributed by atoms with E-state index in [4.69, 9.17) is 14.7 Å². The quantitative estimate of drug-likeness (QED) is 0.463. The Labute approximate surface area is 152 Å². The van der Waals surface area contributed by atoms with Gasteiger partial charge in [-0.05, 0) is 19.1 Å². The molecule has 3 rings (SSSR count). The van der Waals surface area contributed by atoms with E-state index >= 15 is 0 Å². The SMILES string of the molecule is Cc1cccc(C(=O)ONc2ccn([C@@H]3O[C@H](CO)[C@@H](O)[C@H]3O)c(=O)n2)n1. The fourth-order valence-electron chi connectivity index (χ4n) is 2.58.